The fraction of sp³-hybridized carbons (Fsp3) is 0.308. The summed E-state index contributed by atoms with van der Waals surface area (Å²) in [5.74, 6) is 1.73. The highest BCUT2D eigenvalue weighted by Gasteiger charge is 2.07. The van der Waals surface area contributed by atoms with Crippen molar-refractivity contribution in [2.45, 2.75) is 13.0 Å². The molecular weight excluding hydrogens is 268 g/mol. The molecule has 0 aliphatic rings. The molecule has 8 heteroatoms. The molecule has 8 nitrogen and oxygen atoms in total. The van der Waals surface area contributed by atoms with Gasteiger partial charge >= 0.3 is 0 Å². The minimum Gasteiger partial charge on any atom is -0.321 e. The molecule has 1 N–H and O–H groups in total. The Bertz CT molecular complexity index is 687. The Morgan fingerprint density at radius 1 is 1.10 bits per heavy atom. The second-order valence-electron chi connectivity index (χ2n) is 4.63. The van der Waals surface area contributed by atoms with Crippen LogP contribution < -0.4 is 5.32 Å². The number of nitrogens with zero attached hydrogens (tertiary/aromatic N) is 7. The van der Waals surface area contributed by atoms with E-state index in [4.69, 9.17) is 0 Å². The molecule has 2 aromatic heterocycles. The molecule has 0 spiro atoms. The van der Waals surface area contributed by atoms with E-state index in [1.807, 2.05) is 41.9 Å². The molecule has 0 atom stereocenters. The molecule has 0 aliphatic heterocycles. The van der Waals surface area contributed by atoms with Crippen molar-refractivity contribution in [2.24, 2.45) is 7.05 Å². The summed E-state index contributed by atoms with van der Waals surface area (Å²) in [5.41, 5.74) is 0.951. The van der Waals surface area contributed by atoms with Gasteiger partial charge in [0.15, 0.2) is 5.82 Å². The van der Waals surface area contributed by atoms with Gasteiger partial charge in [-0.15, -0.1) is 15.3 Å². The van der Waals surface area contributed by atoms with Crippen molar-refractivity contribution in [3.63, 3.8) is 0 Å². The summed E-state index contributed by atoms with van der Waals surface area (Å²) in [5, 5.41) is 23.0. The first-order valence-electron chi connectivity index (χ1n) is 6.71. The average Bonchev–Trinajstić information content (AvgIpc) is 3.14. The summed E-state index contributed by atoms with van der Waals surface area (Å²) in [6.45, 7) is 1.38. The first-order valence-corrected chi connectivity index (χ1v) is 6.71. The fourth-order valence-corrected chi connectivity index (χ4v) is 2.02. The van der Waals surface area contributed by atoms with E-state index in [1.54, 1.807) is 11.0 Å². The number of nitrogens with one attached hydrogen (secondary N) is 1. The molecule has 3 aromatic rings. The van der Waals surface area contributed by atoms with Gasteiger partial charge in [0.05, 0.1) is 12.2 Å². The Morgan fingerprint density at radius 3 is 2.71 bits per heavy atom. The van der Waals surface area contributed by atoms with Gasteiger partial charge in [-0.1, -0.05) is 18.2 Å². The van der Waals surface area contributed by atoms with Crippen LogP contribution in [0.25, 0.3) is 5.69 Å². The number of para-hydroxylation sites is 1. The summed E-state index contributed by atoms with van der Waals surface area (Å²) >= 11 is 0. The molecule has 0 saturated heterocycles. The molecule has 0 aliphatic carbocycles. The zero-order chi connectivity index (χ0) is 14.5. The maximum atomic E-state index is 4.05. The minimum atomic E-state index is 0.597. The first-order chi connectivity index (χ1) is 10.3. The largest absolute Gasteiger partial charge is 0.321 e. The Balaban J connectivity index is 1.57. The summed E-state index contributed by atoms with van der Waals surface area (Å²) < 4.78 is 3.64. The second kappa shape index (κ2) is 6.23. The third-order valence-corrected chi connectivity index (χ3v) is 3.15. The van der Waals surface area contributed by atoms with E-state index < -0.39 is 0 Å². The van der Waals surface area contributed by atoms with Gasteiger partial charge in [0.25, 0.3) is 0 Å². The molecule has 0 bridgehead atoms. The van der Waals surface area contributed by atoms with E-state index >= 15 is 0 Å². The van der Waals surface area contributed by atoms with Gasteiger partial charge in [0.1, 0.15) is 12.2 Å². The number of aryl methyl sites for hydroxylation is 1. The highest BCUT2D eigenvalue weighted by Crippen LogP contribution is 2.06. The number of hydrogen-bond acceptors (Lipinski definition) is 6. The van der Waals surface area contributed by atoms with E-state index in [0.29, 0.717) is 6.54 Å². The molecule has 0 radical (unpaired) electrons. The van der Waals surface area contributed by atoms with Gasteiger partial charge in [0, 0.05) is 20.0 Å². The van der Waals surface area contributed by atoms with Crippen LogP contribution in [0.3, 0.4) is 0 Å². The highest BCUT2D eigenvalue weighted by molar-refractivity contribution is 5.30. The lowest BCUT2D eigenvalue weighted by Gasteiger charge is -2.05. The zero-order valence-electron chi connectivity index (χ0n) is 11.7. The number of aromatic nitrogens is 7. The van der Waals surface area contributed by atoms with Crippen molar-refractivity contribution in [3.8, 4) is 5.69 Å². The van der Waals surface area contributed by atoms with Crippen LogP contribution in [0.1, 0.15) is 11.6 Å². The zero-order valence-corrected chi connectivity index (χ0v) is 11.7. The fourth-order valence-electron chi connectivity index (χ4n) is 2.02. The minimum absolute atomic E-state index is 0.597. The van der Waals surface area contributed by atoms with Crippen molar-refractivity contribution in [1.29, 1.82) is 0 Å². The Kier molecular flexibility index (Phi) is 3.97. The Labute approximate surface area is 121 Å². The van der Waals surface area contributed by atoms with Crippen LogP contribution in [0, 0.1) is 0 Å². The predicted molar refractivity (Wildman–Crippen MR) is 75.6 cm³/mol. The molecule has 0 saturated carbocycles. The molecule has 0 amide bonds. The summed E-state index contributed by atoms with van der Waals surface area (Å²) in [6, 6.07) is 9.83. The average molecular weight is 284 g/mol. The van der Waals surface area contributed by atoms with Crippen LogP contribution in [-0.2, 0) is 20.0 Å². The van der Waals surface area contributed by atoms with Crippen molar-refractivity contribution in [2.75, 3.05) is 6.54 Å². The molecule has 3 rings (SSSR count). The number of tetrazole rings is 1. The summed E-state index contributed by atoms with van der Waals surface area (Å²) in [6.07, 6.45) is 2.51. The number of rotatable bonds is 6. The maximum absolute atomic E-state index is 4.05. The summed E-state index contributed by atoms with van der Waals surface area (Å²) in [7, 11) is 1.94. The van der Waals surface area contributed by atoms with Crippen LogP contribution >= 0.6 is 0 Å². The maximum Gasteiger partial charge on any atom is 0.170 e. The molecule has 0 fully saturated rings. The summed E-state index contributed by atoms with van der Waals surface area (Å²) in [4.78, 5) is 0. The van der Waals surface area contributed by atoms with Gasteiger partial charge in [-0.3, -0.25) is 0 Å². The quantitative estimate of drug-likeness (QED) is 0.647. The topological polar surface area (TPSA) is 86.3 Å². The Hall–Kier alpha value is -2.61. The van der Waals surface area contributed by atoms with Crippen LogP contribution in [-0.4, -0.2) is 41.5 Å². The third kappa shape index (κ3) is 3.11. The molecule has 2 heterocycles. The van der Waals surface area contributed by atoms with Gasteiger partial charge in [-0.25, -0.2) is 0 Å². The first kappa shape index (κ1) is 13.4. The molecule has 108 valence electrons. The SMILES string of the molecule is Cn1cnnc1CCNCc1nnnn1-c1ccccc1. The van der Waals surface area contributed by atoms with E-state index in [2.05, 4.69) is 31.0 Å². The Morgan fingerprint density at radius 2 is 1.95 bits per heavy atom. The lowest BCUT2D eigenvalue weighted by atomic mass is 10.3. The lowest BCUT2D eigenvalue weighted by molar-refractivity contribution is 0.621. The van der Waals surface area contributed by atoms with Gasteiger partial charge in [-0.2, -0.15) is 4.68 Å². The smallest absolute Gasteiger partial charge is 0.170 e. The number of hydrogen-bond donors (Lipinski definition) is 1. The molecule has 0 unspecified atom stereocenters. The van der Waals surface area contributed by atoms with Crippen LogP contribution in [0.2, 0.25) is 0 Å². The van der Waals surface area contributed by atoms with Crippen molar-refractivity contribution in [3.05, 3.63) is 48.3 Å². The van der Waals surface area contributed by atoms with E-state index in [9.17, 15) is 0 Å². The molecule has 1 aromatic carbocycles. The van der Waals surface area contributed by atoms with Gasteiger partial charge in [0.2, 0.25) is 0 Å². The second-order valence-corrected chi connectivity index (χ2v) is 4.63. The molecular formula is C13H16N8. The van der Waals surface area contributed by atoms with Crippen LogP contribution in [0.4, 0.5) is 0 Å². The monoisotopic (exact) mass is 284 g/mol. The third-order valence-electron chi connectivity index (χ3n) is 3.15. The van der Waals surface area contributed by atoms with Gasteiger partial charge < -0.3 is 9.88 Å². The normalized spacial score (nSPS) is 10.9. The predicted octanol–water partition coefficient (Wildman–Crippen LogP) is 0.123. The van der Waals surface area contributed by atoms with E-state index in [1.165, 1.54) is 0 Å². The highest BCUT2D eigenvalue weighted by atomic mass is 15.5. The van der Waals surface area contributed by atoms with Crippen molar-refractivity contribution < 1.29 is 0 Å². The van der Waals surface area contributed by atoms with Crippen molar-refractivity contribution >= 4 is 0 Å². The van der Waals surface area contributed by atoms with Crippen molar-refractivity contribution in [1.82, 2.24) is 40.3 Å². The van der Waals surface area contributed by atoms with E-state index in [0.717, 1.165) is 30.3 Å². The van der Waals surface area contributed by atoms with Gasteiger partial charge in [-0.05, 0) is 22.6 Å². The lowest BCUT2D eigenvalue weighted by Crippen LogP contribution is -2.20. The van der Waals surface area contributed by atoms with Crippen LogP contribution in [0.5, 0.6) is 0 Å². The van der Waals surface area contributed by atoms with Crippen LogP contribution in [0.15, 0.2) is 36.7 Å². The molecule has 21 heavy (non-hydrogen) atoms. The van der Waals surface area contributed by atoms with E-state index in [-0.39, 0.29) is 0 Å². The standard InChI is InChI=1S/C13H16N8/c1-20-10-15-16-12(20)7-8-14-9-13-17-18-19-21(13)11-5-3-2-4-6-11/h2-6,10,14H,7-9H2,1H3. The number of benzene rings is 1.